The lowest BCUT2D eigenvalue weighted by Gasteiger charge is -2.13. The van der Waals surface area contributed by atoms with E-state index in [4.69, 9.17) is 19.9 Å². The van der Waals surface area contributed by atoms with Crippen molar-refractivity contribution in [2.45, 2.75) is 0 Å². The molecule has 4 aromatic heterocycles. The molecule has 0 unspecified atom stereocenters. The predicted molar refractivity (Wildman–Crippen MR) is 255 cm³/mol. The van der Waals surface area contributed by atoms with Gasteiger partial charge in [0.1, 0.15) is 0 Å². The first-order chi connectivity index (χ1) is 30.7. The van der Waals surface area contributed by atoms with E-state index >= 15 is 0 Å². The molecule has 0 atom stereocenters. The van der Waals surface area contributed by atoms with Gasteiger partial charge in [-0.05, 0) is 65.4 Å². The lowest BCUT2D eigenvalue weighted by molar-refractivity contribution is 1.01. The molecule has 0 aliphatic rings. The largest absolute Gasteiger partial charge is 0.309 e. The summed E-state index contributed by atoms with van der Waals surface area (Å²) in [6, 6.07) is 72.5. The fraction of sp³-hybridized carbons (Fsp3) is 0. The summed E-state index contributed by atoms with van der Waals surface area (Å²) in [7, 11) is 0. The third-order valence-corrected chi connectivity index (χ3v) is 12.3. The van der Waals surface area contributed by atoms with Gasteiger partial charge in [0, 0.05) is 54.7 Å². The van der Waals surface area contributed by atoms with Crippen LogP contribution in [0, 0.1) is 0 Å². The van der Waals surface area contributed by atoms with Gasteiger partial charge in [0.25, 0.3) is 0 Å². The first kappa shape index (κ1) is 34.4. The van der Waals surface area contributed by atoms with Crippen molar-refractivity contribution in [3.8, 4) is 45.5 Å². The minimum atomic E-state index is 0.638. The standard InChI is InChI=1S/C56H34N6/c1-2-16-36(17-3-1)53-41-21-6-10-25-45(41)57-55(59-53)39-19-14-20-40(34-39)61-47-27-12-8-23-43(47)51-49(61)31-32-50-52(51)44-24-9-13-28-48(44)62(50)56-58-46-26-11-7-22-42(46)54(60-56)38-30-29-35-15-4-5-18-37(35)33-38/h1-34H. The molecule has 9 aromatic carbocycles. The number of benzene rings is 9. The molecule has 288 valence electrons. The van der Waals surface area contributed by atoms with Gasteiger partial charge in [-0.1, -0.05) is 152 Å². The smallest absolute Gasteiger partial charge is 0.235 e. The average molecular weight is 791 g/mol. The van der Waals surface area contributed by atoms with Crippen LogP contribution in [0.2, 0.25) is 0 Å². The topological polar surface area (TPSA) is 61.4 Å². The molecule has 0 fully saturated rings. The van der Waals surface area contributed by atoms with E-state index in [2.05, 4.69) is 197 Å². The lowest BCUT2D eigenvalue weighted by atomic mass is 10.0. The number of para-hydroxylation sites is 4. The van der Waals surface area contributed by atoms with Gasteiger partial charge in [0.15, 0.2) is 5.82 Å². The van der Waals surface area contributed by atoms with Gasteiger partial charge in [0.2, 0.25) is 5.95 Å². The van der Waals surface area contributed by atoms with Crippen molar-refractivity contribution in [2.24, 2.45) is 0 Å². The Balaban J connectivity index is 1.04. The van der Waals surface area contributed by atoms with Crippen molar-refractivity contribution in [1.82, 2.24) is 29.1 Å². The summed E-state index contributed by atoms with van der Waals surface area (Å²) in [5, 5.41) is 9.09. The molecule has 0 aliphatic carbocycles. The van der Waals surface area contributed by atoms with Gasteiger partial charge < -0.3 is 4.57 Å². The second-order valence-electron chi connectivity index (χ2n) is 15.8. The molecule has 13 aromatic rings. The molecular formula is C56H34N6. The van der Waals surface area contributed by atoms with Crippen LogP contribution in [-0.2, 0) is 0 Å². The summed E-state index contributed by atoms with van der Waals surface area (Å²) >= 11 is 0. The molecular weight excluding hydrogens is 757 g/mol. The Morgan fingerprint density at radius 2 is 0.871 bits per heavy atom. The van der Waals surface area contributed by atoms with Crippen LogP contribution in [0.4, 0.5) is 0 Å². The number of hydrogen-bond acceptors (Lipinski definition) is 4. The van der Waals surface area contributed by atoms with E-state index < -0.39 is 0 Å². The van der Waals surface area contributed by atoms with E-state index in [9.17, 15) is 0 Å². The second-order valence-corrected chi connectivity index (χ2v) is 15.8. The van der Waals surface area contributed by atoms with Crippen LogP contribution < -0.4 is 0 Å². The van der Waals surface area contributed by atoms with Gasteiger partial charge in [-0.15, -0.1) is 0 Å². The Bertz CT molecular complexity index is 3940. The molecule has 0 N–H and O–H groups in total. The van der Waals surface area contributed by atoms with Crippen molar-refractivity contribution in [3.63, 3.8) is 0 Å². The highest BCUT2D eigenvalue weighted by atomic mass is 15.2. The monoisotopic (exact) mass is 790 g/mol. The number of hydrogen-bond donors (Lipinski definition) is 0. The summed E-state index contributed by atoms with van der Waals surface area (Å²) in [6.07, 6.45) is 0. The van der Waals surface area contributed by atoms with Crippen LogP contribution in [0.3, 0.4) is 0 Å². The zero-order valence-corrected chi connectivity index (χ0v) is 33.3. The summed E-state index contributed by atoms with van der Waals surface area (Å²) in [5.41, 5.74) is 12.1. The third kappa shape index (κ3) is 5.23. The molecule has 0 saturated heterocycles. The van der Waals surface area contributed by atoms with E-state index in [0.29, 0.717) is 11.8 Å². The quantitative estimate of drug-likeness (QED) is 0.174. The van der Waals surface area contributed by atoms with Crippen LogP contribution >= 0.6 is 0 Å². The predicted octanol–water partition coefficient (Wildman–Crippen LogP) is 13.9. The fourth-order valence-corrected chi connectivity index (χ4v) is 9.54. The van der Waals surface area contributed by atoms with Crippen LogP contribution in [0.15, 0.2) is 206 Å². The Morgan fingerprint density at radius 1 is 0.306 bits per heavy atom. The first-order valence-corrected chi connectivity index (χ1v) is 20.9. The highest BCUT2D eigenvalue weighted by molar-refractivity contribution is 6.29. The van der Waals surface area contributed by atoms with Crippen molar-refractivity contribution in [1.29, 1.82) is 0 Å². The fourth-order valence-electron chi connectivity index (χ4n) is 9.54. The van der Waals surface area contributed by atoms with Crippen LogP contribution in [0.1, 0.15) is 0 Å². The molecule has 13 rings (SSSR count). The Kier molecular flexibility index (Phi) is 7.50. The minimum Gasteiger partial charge on any atom is -0.309 e. The van der Waals surface area contributed by atoms with E-state index in [1.807, 2.05) is 18.2 Å². The highest BCUT2D eigenvalue weighted by Gasteiger charge is 2.23. The lowest BCUT2D eigenvalue weighted by Crippen LogP contribution is -2.03. The molecule has 62 heavy (non-hydrogen) atoms. The zero-order chi connectivity index (χ0) is 40.7. The highest BCUT2D eigenvalue weighted by Crippen LogP contribution is 2.43. The maximum atomic E-state index is 5.43. The van der Waals surface area contributed by atoms with Gasteiger partial charge in [0.05, 0.1) is 44.5 Å². The molecule has 0 saturated carbocycles. The third-order valence-electron chi connectivity index (χ3n) is 12.3. The molecule has 0 aliphatic heterocycles. The average Bonchev–Trinajstić information content (AvgIpc) is 3.86. The van der Waals surface area contributed by atoms with Crippen molar-refractivity contribution < 1.29 is 0 Å². The van der Waals surface area contributed by atoms with E-state index in [1.165, 1.54) is 26.9 Å². The number of rotatable bonds is 5. The van der Waals surface area contributed by atoms with Crippen LogP contribution in [0.25, 0.3) is 122 Å². The van der Waals surface area contributed by atoms with Crippen molar-refractivity contribution >= 4 is 76.2 Å². The summed E-state index contributed by atoms with van der Waals surface area (Å²) in [5.74, 6) is 1.33. The molecule has 0 spiro atoms. The van der Waals surface area contributed by atoms with E-state index in [-0.39, 0.29) is 0 Å². The van der Waals surface area contributed by atoms with Crippen LogP contribution in [0.5, 0.6) is 0 Å². The van der Waals surface area contributed by atoms with E-state index in [0.717, 1.165) is 83.0 Å². The molecule has 6 heteroatoms. The maximum absolute atomic E-state index is 5.43. The van der Waals surface area contributed by atoms with Gasteiger partial charge in [-0.2, -0.15) is 0 Å². The molecule has 6 nitrogen and oxygen atoms in total. The summed E-state index contributed by atoms with van der Waals surface area (Å²) in [6.45, 7) is 0. The van der Waals surface area contributed by atoms with Gasteiger partial charge in [-0.25, -0.2) is 19.9 Å². The zero-order valence-electron chi connectivity index (χ0n) is 33.3. The maximum Gasteiger partial charge on any atom is 0.235 e. The molecule has 0 amide bonds. The molecule has 0 radical (unpaired) electrons. The van der Waals surface area contributed by atoms with Gasteiger partial charge in [-0.3, -0.25) is 4.57 Å². The number of nitrogens with zero attached hydrogens (tertiary/aromatic N) is 6. The summed E-state index contributed by atoms with van der Waals surface area (Å²) < 4.78 is 4.62. The first-order valence-electron chi connectivity index (χ1n) is 20.9. The second kappa shape index (κ2) is 13.5. The van der Waals surface area contributed by atoms with Gasteiger partial charge >= 0.3 is 0 Å². The molecule has 0 bridgehead atoms. The number of fused-ring (bicyclic) bond motifs is 10. The van der Waals surface area contributed by atoms with Crippen molar-refractivity contribution in [3.05, 3.63) is 206 Å². The van der Waals surface area contributed by atoms with Crippen molar-refractivity contribution in [2.75, 3.05) is 0 Å². The van der Waals surface area contributed by atoms with Crippen LogP contribution in [-0.4, -0.2) is 29.1 Å². The van der Waals surface area contributed by atoms with E-state index in [1.54, 1.807) is 0 Å². The number of aromatic nitrogens is 6. The molecule has 4 heterocycles. The Hall–Kier alpha value is -8.48. The minimum absolute atomic E-state index is 0.638. The normalized spacial score (nSPS) is 11.9. The Labute approximate surface area is 355 Å². The SMILES string of the molecule is c1ccc(-c2nc(-c3cccc(-n4c5ccccc5c5c6c7ccccc7n(-c7nc(-c8ccc9ccccc9c8)c8ccccc8n7)c6ccc54)c3)nc3ccccc23)cc1. The summed E-state index contributed by atoms with van der Waals surface area (Å²) in [4.78, 5) is 21.0. The Morgan fingerprint density at radius 3 is 1.61 bits per heavy atom.